The largest absolute Gasteiger partial charge is 0.300 e. The first-order valence-electron chi connectivity index (χ1n) is 9.62. The van der Waals surface area contributed by atoms with E-state index in [2.05, 4.69) is 26.0 Å². The van der Waals surface area contributed by atoms with E-state index in [1.54, 1.807) is 0 Å². The van der Waals surface area contributed by atoms with Gasteiger partial charge in [0.2, 0.25) is 0 Å². The highest BCUT2D eigenvalue weighted by Gasteiger charge is 2.59. The van der Waals surface area contributed by atoms with Crippen LogP contribution < -0.4 is 0 Å². The zero-order valence-electron chi connectivity index (χ0n) is 14.6. The van der Waals surface area contributed by atoms with Crippen molar-refractivity contribution >= 4 is 5.78 Å². The summed E-state index contributed by atoms with van der Waals surface area (Å²) in [6.45, 7) is 6.90. The zero-order valence-corrected chi connectivity index (χ0v) is 14.6. The summed E-state index contributed by atoms with van der Waals surface area (Å²) in [6, 6.07) is 0. The van der Waals surface area contributed by atoms with Crippen molar-refractivity contribution in [3.8, 4) is 0 Å². The molecular formula is C21H32O. The van der Waals surface area contributed by atoms with Crippen LogP contribution in [0.1, 0.15) is 72.1 Å². The average Bonchev–Trinajstić information content (AvgIpc) is 2.84. The highest BCUT2D eigenvalue weighted by atomic mass is 16.1. The first kappa shape index (κ1) is 15.0. The maximum absolute atomic E-state index is 12.1. The molecule has 0 amide bonds. The molecule has 7 atom stereocenters. The lowest BCUT2D eigenvalue weighted by Crippen LogP contribution is -2.52. The summed E-state index contributed by atoms with van der Waals surface area (Å²) < 4.78 is 0. The summed E-state index contributed by atoms with van der Waals surface area (Å²) in [7, 11) is 0. The predicted molar refractivity (Wildman–Crippen MR) is 90.4 cm³/mol. The second-order valence-corrected chi connectivity index (χ2v) is 9.35. The maximum Gasteiger partial charge on any atom is 0.133 e. The summed E-state index contributed by atoms with van der Waals surface area (Å²) in [5.41, 5.74) is 0.869. The minimum atomic E-state index is 0.320. The van der Waals surface area contributed by atoms with E-state index in [0.29, 0.717) is 22.5 Å². The van der Waals surface area contributed by atoms with Gasteiger partial charge in [-0.25, -0.2) is 0 Å². The van der Waals surface area contributed by atoms with Gasteiger partial charge in [-0.15, -0.1) is 0 Å². The lowest BCUT2D eigenvalue weighted by molar-refractivity contribution is -0.131. The highest BCUT2D eigenvalue weighted by molar-refractivity contribution is 5.79. The van der Waals surface area contributed by atoms with Gasteiger partial charge in [-0.2, -0.15) is 0 Å². The normalized spacial score (nSPS) is 53.5. The smallest absolute Gasteiger partial charge is 0.133 e. The Labute approximate surface area is 135 Å². The molecule has 0 aromatic rings. The highest BCUT2D eigenvalue weighted by Crippen LogP contribution is 2.66. The Bertz CT molecular complexity index is 506. The number of ketones is 1. The Balaban J connectivity index is 1.65. The Kier molecular flexibility index (Phi) is 3.37. The molecule has 4 rings (SSSR count). The molecule has 0 aliphatic heterocycles. The first-order chi connectivity index (χ1) is 10.5. The Morgan fingerprint density at radius 1 is 0.955 bits per heavy atom. The number of carbonyl (C=O) groups excluding carboxylic acids is 1. The van der Waals surface area contributed by atoms with Crippen molar-refractivity contribution in [2.24, 2.45) is 40.4 Å². The number of carbonyl (C=O) groups is 1. The fourth-order valence-corrected chi connectivity index (χ4v) is 7.51. The van der Waals surface area contributed by atoms with Crippen molar-refractivity contribution in [2.75, 3.05) is 0 Å². The molecule has 3 fully saturated rings. The van der Waals surface area contributed by atoms with Crippen molar-refractivity contribution in [2.45, 2.75) is 72.1 Å². The van der Waals surface area contributed by atoms with Crippen molar-refractivity contribution < 1.29 is 4.79 Å². The molecule has 0 saturated heterocycles. The van der Waals surface area contributed by atoms with Gasteiger partial charge < -0.3 is 0 Å². The number of hydrogen-bond acceptors (Lipinski definition) is 1. The molecule has 4 aliphatic carbocycles. The van der Waals surface area contributed by atoms with Crippen LogP contribution in [0.4, 0.5) is 0 Å². The molecule has 0 radical (unpaired) electrons. The van der Waals surface area contributed by atoms with Gasteiger partial charge in [-0.05, 0) is 92.8 Å². The molecule has 3 saturated carbocycles. The van der Waals surface area contributed by atoms with Crippen LogP contribution in [0.15, 0.2) is 12.2 Å². The average molecular weight is 300 g/mol. The van der Waals surface area contributed by atoms with Crippen LogP contribution in [0, 0.1) is 40.4 Å². The Morgan fingerprint density at radius 2 is 1.73 bits per heavy atom. The lowest BCUT2D eigenvalue weighted by atomic mass is 9.45. The summed E-state index contributed by atoms with van der Waals surface area (Å²) in [4.78, 5) is 12.1. The molecule has 0 heterocycles. The molecule has 0 spiro atoms. The van der Waals surface area contributed by atoms with Gasteiger partial charge in [0.25, 0.3) is 0 Å². The van der Waals surface area contributed by atoms with Gasteiger partial charge in [0.1, 0.15) is 5.78 Å². The van der Waals surface area contributed by atoms with Gasteiger partial charge in [0.05, 0.1) is 0 Å². The third kappa shape index (κ3) is 1.86. The monoisotopic (exact) mass is 300 g/mol. The standard InChI is InChI=1S/C21H32O/c1-14(22)17-9-10-18-16-8-7-15-6-4-5-12-20(15,2)19(16)11-13-21(17,18)3/h4-5,15-19H,6-13H2,1-3H3/t15?,16?,17-,18?,19?,20?,21?/m1/s1. The van der Waals surface area contributed by atoms with Crippen molar-refractivity contribution in [3.63, 3.8) is 0 Å². The van der Waals surface area contributed by atoms with Crippen LogP contribution in [0.2, 0.25) is 0 Å². The van der Waals surface area contributed by atoms with Gasteiger partial charge in [-0.3, -0.25) is 4.79 Å². The molecular weight excluding hydrogens is 268 g/mol. The lowest BCUT2D eigenvalue weighted by Gasteiger charge is -2.59. The van der Waals surface area contributed by atoms with Crippen LogP contribution in [-0.2, 0) is 4.79 Å². The molecule has 0 bridgehead atoms. The molecule has 122 valence electrons. The quantitative estimate of drug-likeness (QED) is 0.592. The van der Waals surface area contributed by atoms with E-state index < -0.39 is 0 Å². The van der Waals surface area contributed by atoms with E-state index in [9.17, 15) is 4.79 Å². The molecule has 0 aromatic heterocycles. The summed E-state index contributed by atoms with van der Waals surface area (Å²) in [6.07, 6.45) is 15.5. The molecule has 1 heteroatoms. The van der Waals surface area contributed by atoms with Crippen LogP contribution in [0.25, 0.3) is 0 Å². The van der Waals surface area contributed by atoms with E-state index in [0.717, 1.165) is 23.7 Å². The van der Waals surface area contributed by atoms with E-state index in [-0.39, 0.29) is 0 Å². The summed E-state index contributed by atoms with van der Waals surface area (Å²) >= 11 is 0. The van der Waals surface area contributed by atoms with Gasteiger partial charge in [-0.1, -0.05) is 26.0 Å². The van der Waals surface area contributed by atoms with Gasteiger partial charge in [0.15, 0.2) is 0 Å². The van der Waals surface area contributed by atoms with Crippen molar-refractivity contribution in [1.29, 1.82) is 0 Å². The maximum atomic E-state index is 12.1. The minimum Gasteiger partial charge on any atom is -0.300 e. The SMILES string of the molecule is CC(=O)[C@H]1CCC2C3CCC4CC=CCC4(C)C3CCC21C. The van der Waals surface area contributed by atoms with Crippen LogP contribution in [0.5, 0.6) is 0 Å². The topological polar surface area (TPSA) is 17.1 Å². The molecule has 0 N–H and O–H groups in total. The minimum absolute atomic E-state index is 0.320. The fourth-order valence-electron chi connectivity index (χ4n) is 7.51. The molecule has 4 aliphatic rings. The molecule has 1 nitrogen and oxygen atoms in total. The molecule has 6 unspecified atom stereocenters. The third-order valence-corrected chi connectivity index (χ3v) is 8.70. The van der Waals surface area contributed by atoms with Crippen LogP contribution in [-0.4, -0.2) is 5.78 Å². The molecule has 22 heavy (non-hydrogen) atoms. The number of allylic oxidation sites excluding steroid dienone is 2. The van der Waals surface area contributed by atoms with Gasteiger partial charge >= 0.3 is 0 Å². The van der Waals surface area contributed by atoms with E-state index in [1.165, 1.54) is 51.4 Å². The molecule has 0 aromatic carbocycles. The van der Waals surface area contributed by atoms with Gasteiger partial charge in [0, 0.05) is 5.92 Å². The third-order valence-electron chi connectivity index (χ3n) is 8.70. The Hall–Kier alpha value is -0.590. The fraction of sp³-hybridized carbons (Fsp3) is 0.857. The number of rotatable bonds is 1. The zero-order chi connectivity index (χ0) is 15.5. The predicted octanol–water partition coefficient (Wildman–Crippen LogP) is 5.40. The van der Waals surface area contributed by atoms with Crippen LogP contribution >= 0.6 is 0 Å². The van der Waals surface area contributed by atoms with E-state index in [1.807, 2.05) is 6.92 Å². The van der Waals surface area contributed by atoms with E-state index >= 15 is 0 Å². The number of hydrogen-bond donors (Lipinski definition) is 0. The second-order valence-electron chi connectivity index (χ2n) is 9.35. The summed E-state index contributed by atoms with van der Waals surface area (Å²) in [5.74, 6) is 4.38. The summed E-state index contributed by atoms with van der Waals surface area (Å²) in [5, 5.41) is 0. The Morgan fingerprint density at radius 3 is 2.50 bits per heavy atom. The van der Waals surface area contributed by atoms with Crippen molar-refractivity contribution in [1.82, 2.24) is 0 Å². The van der Waals surface area contributed by atoms with Crippen molar-refractivity contribution in [3.05, 3.63) is 12.2 Å². The van der Waals surface area contributed by atoms with Crippen LogP contribution in [0.3, 0.4) is 0 Å². The van der Waals surface area contributed by atoms with E-state index in [4.69, 9.17) is 0 Å². The first-order valence-corrected chi connectivity index (χ1v) is 9.62. The number of fused-ring (bicyclic) bond motifs is 5. The number of Topliss-reactive ketones (excluding diaryl/α,β-unsaturated/α-hetero) is 1. The second kappa shape index (κ2) is 4.95.